The van der Waals surface area contributed by atoms with Crippen molar-refractivity contribution < 1.29 is 18.7 Å². The number of hydrogen-bond donors (Lipinski definition) is 2. The normalized spacial score (nSPS) is 12.2. The highest BCUT2D eigenvalue weighted by Crippen LogP contribution is 2.24. The van der Waals surface area contributed by atoms with Crippen LogP contribution in [0.5, 0.6) is 0 Å². The molecule has 0 saturated carbocycles. The fourth-order valence-corrected chi connectivity index (χ4v) is 2.23. The molecule has 122 valence electrons. The van der Waals surface area contributed by atoms with Gasteiger partial charge in [-0.3, -0.25) is 0 Å². The van der Waals surface area contributed by atoms with E-state index in [0.29, 0.717) is 5.82 Å². The van der Waals surface area contributed by atoms with Crippen LogP contribution >= 0.6 is 0 Å². The average Bonchev–Trinajstić information content (AvgIpc) is 2.50. The number of pyridine rings is 1. The quantitative estimate of drug-likeness (QED) is 0.856. The molecule has 2 N–H and O–H groups in total. The zero-order valence-corrected chi connectivity index (χ0v) is 12.8. The molecule has 1 heterocycles. The summed E-state index contributed by atoms with van der Waals surface area (Å²) in [4.78, 5) is 16.5. The van der Waals surface area contributed by atoms with Crippen LogP contribution in [0.3, 0.4) is 0 Å². The Bertz CT molecular complexity index is 687. The largest absolute Gasteiger partial charge is 0.477 e. The van der Waals surface area contributed by atoms with E-state index in [2.05, 4.69) is 10.3 Å². The summed E-state index contributed by atoms with van der Waals surface area (Å²) < 4.78 is 27.9. The zero-order chi connectivity index (χ0) is 17.0. The van der Waals surface area contributed by atoms with E-state index < -0.39 is 23.6 Å². The van der Waals surface area contributed by atoms with E-state index >= 15 is 0 Å². The number of aromatic carboxylic acids is 1. The SMILES string of the molecule is CN(C)C(CNc1cccc(C(=O)O)n1)c1c(F)cccc1F. The lowest BCUT2D eigenvalue weighted by Crippen LogP contribution is -2.29. The van der Waals surface area contributed by atoms with Crippen molar-refractivity contribution in [3.8, 4) is 0 Å². The molecule has 1 aromatic carbocycles. The summed E-state index contributed by atoms with van der Waals surface area (Å²) in [6.45, 7) is 0.168. The first-order valence-electron chi connectivity index (χ1n) is 6.94. The summed E-state index contributed by atoms with van der Waals surface area (Å²) in [6.07, 6.45) is 0. The van der Waals surface area contributed by atoms with Gasteiger partial charge in [-0.1, -0.05) is 12.1 Å². The van der Waals surface area contributed by atoms with Crippen LogP contribution in [0.15, 0.2) is 36.4 Å². The van der Waals surface area contributed by atoms with Crippen LogP contribution in [0, 0.1) is 11.6 Å². The van der Waals surface area contributed by atoms with Gasteiger partial charge in [0.15, 0.2) is 5.69 Å². The maximum atomic E-state index is 14.0. The Morgan fingerprint density at radius 3 is 2.39 bits per heavy atom. The molecule has 23 heavy (non-hydrogen) atoms. The number of carbonyl (C=O) groups is 1. The number of nitrogens with zero attached hydrogens (tertiary/aromatic N) is 2. The fraction of sp³-hybridized carbons (Fsp3) is 0.250. The lowest BCUT2D eigenvalue weighted by atomic mass is 10.0. The molecule has 1 aromatic heterocycles. The van der Waals surface area contributed by atoms with Crippen LogP contribution in [0.1, 0.15) is 22.1 Å². The van der Waals surface area contributed by atoms with Crippen LogP contribution in [-0.4, -0.2) is 41.6 Å². The standard InChI is InChI=1S/C16H17F2N3O2/c1-21(2)13(15-10(17)5-3-6-11(15)18)9-19-14-8-4-7-12(20-14)16(22)23/h3-8,13H,9H2,1-2H3,(H,19,20)(H,22,23). The zero-order valence-electron chi connectivity index (χ0n) is 12.8. The van der Waals surface area contributed by atoms with Crippen molar-refractivity contribution in [3.63, 3.8) is 0 Å². The molecule has 5 nitrogen and oxygen atoms in total. The highest BCUT2D eigenvalue weighted by molar-refractivity contribution is 5.85. The van der Waals surface area contributed by atoms with Crippen molar-refractivity contribution in [2.75, 3.05) is 26.0 Å². The van der Waals surface area contributed by atoms with Gasteiger partial charge in [-0.05, 0) is 38.4 Å². The maximum Gasteiger partial charge on any atom is 0.354 e. The van der Waals surface area contributed by atoms with E-state index in [4.69, 9.17) is 5.11 Å². The molecule has 1 atom stereocenters. The molecular weight excluding hydrogens is 304 g/mol. The first kappa shape index (κ1) is 16.8. The van der Waals surface area contributed by atoms with E-state index in [1.165, 1.54) is 24.3 Å². The number of rotatable bonds is 6. The van der Waals surface area contributed by atoms with Gasteiger partial charge in [0.05, 0.1) is 6.04 Å². The number of anilines is 1. The van der Waals surface area contributed by atoms with Crippen molar-refractivity contribution in [2.45, 2.75) is 6.04 Å². The molecule has 1 unspecified atom stereocenters. The number of likely N-dealkylation sites (N-methyl/N-ethyl adjacent to an activating group) is 1. The van der Waals surface area contributed by atoms with Gasteiger partial charge >= 0.3 is 5.97 Å². The van der Waals surface area contributed by atoms with Gasteiger partial charge in [0.25, 0.3) is 0 Å². The van der Waals surface area contributed by atoms with Crippen molar-refractivity contribution >= 4 is 11.8 Å². The molecule has 0 bridgehead atoms. The second kappa shape index (κ2) is 7.15. The van der Waals surface area contributed by atoms with E-state index in [-0.39, 0.29) is 17.8 Å². The average molecular weight is 321 g/mol. The van der Waals surface area contributed by atoms with E-state index in [0.717, 1.165) is 0 Å². The minimum atomic E-state index is -1.14. The number of carboxylic acid groups (broad SMARTS) is 1. The van der Waals surface area contributed by atoms with E-state index in [1.807, 2.05) is 0 Å². The molecule has 2 aromatic rings. The van der Waals surface area contributed by atoms with Crippen LogP contribution < -0.4 is 5.32 Å². The second-order valence-corrected chi connectivity index (χ2v) is 5.21. The predicted molar refractivity (Wildman–Crippen MR) is 82.5 cm³/mol. The topological polar surface area (TPSA) is 65.5 Å². The Hall–Kier alpha value is -2.54. The molecular formula is C16H17F2N3O2. The Morgan fingerprint density at radius 2 is 1.83 bits per heavy atom. The van der Waals surface area contributed by atoms with Crippen molar-refractivity contribution in [2.24, 2.45) is 0 Å². The van der Waals surface area contributed by atoms with Crippen LogP contribution in [0.25, 0.3) is 0 Å². The summed E-state index contributed by atoms with van der Waals surface area (Å²) in [5.41, 5.74) is -0.145. The summed E-state index contributed by atoms with van der Waals surface area (Å²) in [5, 5.41) is 11.9. The van der Waals surface area contributed by atoms with Crippen molar-refractivity contribution in [1.29, 1.82) is 0 Å². The molecule has 0 fully saturated rings. The van der Waals surface area contributed by atoms with Gasteiger partial charge in [-0.15, -0.1) is 0 Å². The van der Waals surface area contributed by atoms with Crippen LogP contribution in [0.4, 0.5) is 14.6 Å². The van der Waals surface area contributed by atoms with E-state index in [9.17, 15) is 13.6 Å². The third-order valence-corrected chi connectivity index (χ3v) is 3.40. The molecule has 0 spiro atoms. The minimum Gasteiger partial charge on any atom is -0.477 e. The first-order valence-corrected chi connectivity index (χ1v) is 6.94. The van der Waals surface area contributed by atoms with E-state index in [1.54, 1.807) is 31.1 Å². The highest BCUT2D eigenvalue weighted by Gasteiger charge is 2.22. The molecule has 0 aliphatic heterocycles. The molecule has 7 heteroatoms. The molecule has 2 rings (SSSR count). The Labute approximate surface area is 132 Å². The Balaban J connectivity index is 2.21. The predicted octanol–water partition coefficient (Wildman–Crippen LogP) is 2.77. The van der Waals surface area contributed by atoms with Gasteiger partial charge < -0.3 is 15.3 Å². The lowest BCUT2D eigenvalue weighted by molar-refractivity contribution is 0.0690. The number of carboxylic acids is 1. The monoisotopic (exact) mass is 321 g/mol. The van der Waals surface area contributed by atoms with Crippen molar-refractivity contribution in [3.05, 3.63) is 59.3 Å². The van der Waals surface area contributed by atoms with Crippen LogP contribution in [-0.2, 0) is 0 Å². The molecule has 0 aliphatic rings. The molecule has 0 aliphatic carbocycles. The molecule has 0 radical (unpaired) electrons. The lowest BCUT2D eigenvalue weighted by Gasteiger charge is -2.26. The molecule has 0 saturated heterocycles. The van der Waals surface area contributed by atoms with Gasteiger partial charge in [0.2, 0.25) is 0 Å². The fourth-order valence-electron chi connectivity index (χ4n) is 2.23. The second-order valence-electron chi connectivity index (χ2n) is 5.21. The van der Waals surface area contributed by atoms with Gasteiger partial charge in [-0.2, -0.15) is 0 Å². The first-order chi connectivity index (χ1) is 10.9. The highest BCUT2D eigenvalue weighted by atomic mass is 19.1. The van der Waals surface area contributed by atoms with Crippen molar-refractivity contribution in [1.82, 2.24) is 9.88 Å². The van der Waals surface area contributed by atoms with Crippen LogP contribution in [0.2, 0.25) is 0 Å². The third-order valence-electron chi connectivity index (χ3n) is 3.40. The van der Waals surface area contributed by atoms with Gasteiger partial charge in [0.1, 0.15) is 17.5 Å². The third kappa shape index (κ3) is 4.01. The Morgan fingerprint density at radius 1 is 1.22 bits per heavy atom. The summed E-state index contributed by atoms with van der Waals surface area (Å²) in [7, 11) is 3.42. The van der Waals surface area contributed by atoms with Gasteiger partial charge in [0, 0.05) is 12.1 Å². The maximum absolute atomic E-state index is 14.0. The number of halogens is 2. The summed E-state index contributed by atoms with van der Waals surface area (Å²) >= 11 is 0. The Kier molecular flexibility index (Phi) is 5.23. The molecule has 0 amide bonds. The number of aromatic nitrogens is 1. The number of nitrogens with one attached hydrogen (secondary N) is 1. The number of hydrogen-bond acceptors (Lipinski definition) is 4. The van der Waals surface area contributed by atoms with Gasteiger partial charge in [-0.25, -0.2) is 18.6 Å². The summed E-state index contributed by atoms with van der Waals surface area (Å²) in [6, 6.07) is 7.66. The minimum absolute atomic E-state index is 0.0422. The number of benzene rings is 1. The smallest absolute Gasteiger partial charge is 0.354 e. The summed E-state index contributed by atoms with van der Waals surface area (Å²) in [5.74, 6) is -2.07.